The molecule has 0 atom stereocenters. The molecule has 0 aromatic carbocycles. The minimum Gasteiger partial charge on any atom is -0.481 e. The molecule has 0 aliphatic heterocycles. The van der Waals surface area contributed by atoms with E-state index in [1.165, 1.54) is 11.3 Å². The molecular formula is C13H16N4O2S. The summed E-state index contributed by atoms with van der Waals surface area (Å²) in [7, 11) is 0. The van der Waals surface area contributed by atoms with Crippen LogP contribution in [0.3, 0.4) is 0 Å². The summed E-state index contributed by atoms with van der Waals surface area (Å²) in [5.74, 6) is -0.170. The van der Waals surface area contributed by atoms with Crippen LogP contribution in [0.5, 0.6) is 0 Å². The molecule has 2 aromatic heterocycles. The van der Waals surface area contributed by atoms with Crippen LogP contribution in [-0.2, 0) is 16.8 Å². The Labute approximate surface area is 120 Å². The van der Waals surface area contributed by atoms with Gasteiger partial charge < -0.3 is 10.4 Å². The van der Waals surface area contributed by atoms with Crippen molar-refractivity contribution in [2.45, 2.75) is 32.7 Å². The van der Waals surface area contributed by atoms with E-state index in [1.54, 1.807) is 25.4 Å². The highest BCUT2D eigenvalue weighted by atomic mass is 32.1. The average Bonchev–Trinajstić information content (AvgIpc) is 2.85. The number of hydrogen-bond acceptors (Lipinski definition) is 6. The van der Waals surface area contributed by atoms with Crippen molar-refractivity contribution in [2.24, 2.45) is 0 Å². The summed E-state index contributed by atoms with van der Waals surface area (Å²) in [5, 5.41) is 14.8. The molecule has 0 amide bonds. The van der Waals surface area contributed by atoms with E-state index in [0.29, 0.717) is 17.4 Å². The minimum absolute atomic E-state index is 0.532. The van der Waals surface area contributed by atoms with Crippen LogP contribution >= 0.6 is 11.3 Å². The van der Waals surface area contributed by atoms with Crippen molar-refractivity contribution in [2.75, 3.05) is 5.32 Å². The van der Waals surface area contributed by atoms with Gasteiger partial charge in [0, 0.05) is 11.6 Å². The predicted octanol–water partition coefficient (Wildman–Crippen LogP) is 2.22. The number of nitrogens with one attached hydrogen (secondary N) is 1. The van der Waals surface area contributed by atoms with Gasteiger partial charge in [0.25, 0.3) is 0 Å². The quantitative estimate of drug-likeness (QED) is 0.878. The molecule has 0 radical (unpaired) electrons. The Morgan fingerprint density at radius 3 is 2.85 bits per heavy atom. The van der Waals surface area contributed by atoms with E-state index in [9.17, 15) is 4.79 Å². The molecule has 0 saturated carbocycles. The zero-order chi connectivity index (χ0) is 14.8. The van der Waals surface area contributed by atoms with Gasteiger partial charge in [0.2, 0.25) is 0 Å². The monoisotopic (exact) mass is 292 g/mol. The second-order valence-electron chi connectivity index (χ2n) is 4.92. The van der Waals surface area contributed by atoms with Crippen molar-refractivity contribution in [1.82, 2.24) is 15.0 Å². The lowest BCUT2D eigenvalue weighted by molar-refractivity contribution is -0.142. The van der Waals surface area contributed by atoms with E-state index < -0.39 is 11.4 Å². The summed E-state index contributed by atoms with van der Waals surface area (Å²) in [6.07, 6.45) is 1.71. The molecule has 6 nitrogen and oxygen atoms in total. The molecule has 0 aliphatic rings. The zero-order valence-corrected chi connectivity index (χ0v) is 12.4. The number of aryl methyl sites for hydroxylation is 1. The molecule has 0 fully saturated rings. The van der Waals surface area contributed by atoms with E-state index in [0.717, 1.165) is 11.5 Å². The molecule has 0 aliphatic carbocycles. The lowest BCUT2D eigenvalue weighted by Crippen LogP contribution is -2.28. The van der Waals surface area contributed by atoms with Crippen LogP contribution in [0.1, 0.15) is 31.1 Å². The van der Waals surface area contributed by atoms with Crippen LogP contribution in [0.25, 0.3) is 0 Å². The number of carbonyl (C=O) groups is 1. The molecule has 2 rings (SSSR count). The number of nitrogens with zero attached hydrogens (tertiary/aromatic N) is 3. The average molecular weight is 292 g/mol. The Morgan fingerprint density at radius 1 is 1.45 bits per heavy atom. The molecule has 2 heterocycles. The van der Waals surface area contributed by atoms with Crippen molar-refractivity contribution < 1.29 is 9.90 Å². The number of thiazole rings is 1. The fourth-order valence-electron chi connectivity index (χ4n) is 1.52. The van der Waals surface area contributed by atoms with Gasteiger partial charge in [-0.25, -0.2) is 15.0 Å². The van der Waals surface area contributed by atoms with Gasteiger partial charge >= 0.3 is 5.97 Å². The van der Waals surface area contributed by atoms with E-state index in [-0.39, 0.29) is 0 Å². The fourth-order valence-corrected chi connectivity index (χ4v) is 2.40. The number of aliphatic carboxylic acids is 1. The van der Waals surface area contributed by atoms with Gasteiger partial charge in [-0.2, -0.15) is 0 Å². The summed E-state index contributed by atoms with van der Waals surface area (Å²) < 4.78 is 0. The summed E-state index contributed by atoms with van der Waals surface area (Å²) in [6.45, 7) is 5.65. The lowest BCUT2D eigenvalue weighted by atomic mass is 9.90. The molecule has 7 heteroatoms. The van der Waals surface area contributed by atoms with E-state index >= 15 is 0 Å². The van der Waals surface area contributed by atoms with Crippen LogP contribution < -0.4 is 5.32 Å². The molecule has 2 N–H and O–H groups in total. The number of carboxylic acids is 1. The van der Waals surface area contributed by atoms with Gasteiger partial charge in [0.1, 0.15) is 11.2 Å². The van der Waals surface area contributed by atoms with Crippen LogP contribution in [-0.4, -0.2) is 26.0 Å². The number of aromatic nitrogens is 3. The highest BCUT2D eigenvalue weighted by molar-refractivity contribution is 7.13. The number of anilines is 1. The number of rotatable bonds is 5. The largest absolute Gasteiger partial charge is 0.481 e. The van der Waals surface area contributed by atoms with Crippen LogP contribution in [0.4, 0.5) is 5.13 Å². The van der Waals surface area contributed by atoms with Gasteiger partial charge in [-0.3, -0.25) is 4.79 Å². The number of carboxylic acid groups (broad SMARTS) is 1. The lowest BCUT2D eigenvalue weighted by Gasteiger charge is -2.15. The molecule has 106 valence electrons. The number of hydrogen-bond donors (Lipinski definition) is 2. The maximum Gasteiger partial charge on any atom is 0.315 e. The van der Waals surface area contributed by atoms with Crippen LogP contribution in [0.2, 0.25) is 0 Å². The standard InChI is InChI=1S/C13H16N4O2S/c1-8-14-5-4-9(16-8)6-15-12-17-10(7-20-12)13(2,3)11(18)19/h4-5,7H,6H2,1-3H3,(H,15,17)(H,18,19). The molecule has 0 bridgehead atoms. The van der Waals surface area contributed by atoms with E-state index in [4.69, 9.17) is 5.11 Å². The first-order valence-corrected chi connectivity index (χ1v) is 6.99. The third-order valence-corrected chi connectivity index (χ3v) is 3.73. The smallest absolute Gasteiger partial charge is 0.315 e. The van der Waals surface area contributed by atoms with Gasteiger partial charge in [-0.05, 0) is 26.8 Å². The Kier molecular flexibility index (Phi) is 3.99. The van der Waals surface area contributed by atoms with Crippen LogP contribution in [0, 0.1) is 6.92 Å². The second kappa shape index (κ2) is 5.54. The summed E-state index contributed by atoms with van der Waals surface area (Å²) in [4.78, 5) is 23.8. The first-order valence-electron chi connectivity index (χ1n) is 6.11. The molecule has 0 spiro atoms. The van der Waals surface area contributed by atoms with Crippen molar-refractivity contribution in [3.8, 4) is 0 Å². The van der Waals surface area contributed by atoms with Gasteiger partial charge in [-0.1, -0.05) is 0 Å². The highest BCUT2D eigenvalue weighted by Gasteiger charge is 2.32. The van der Waals surface area contributed by atoms with Crippen LogP contribution in [0.15, 0.2) is 17.6 Å². The minimum atomic E-state index is -0.984. The van der Waals surface area contributed by atoms with Crippen molar-refractivity contribution in [1.29, 1.82) is 0 Å². The van der Waals surface area contributed by atoms with E-state index in [1.807, 2.05) is 13.0 Å². The Hall–Kier alpha value is -2.02. The molecule has 2 aromatic rings. The Bertz CT molecular complexity index is 624. The molecular weight excluding hydrogens is 276 g/mol. The maximum atomic E-state index is 11.2. The highest BCUT2D eigenvalue weighted by Crippen LogP contribution is 2.27. The Morgan fingerprint density at radius 2 is 2.20 bits per heavy atom. The zero-order valence-electron chi connectivity index (χ0n) is 11.5. The first kappa shape index (κ1) is 14.4. The first-order chi connectivity index (χ1) is 9.39. The molecule has 0 saturated heterocycles. The third kappa shape index (κ3) is 3.11. The summed E-state index contributed by atoms with van der Waals surface area (Å²) in [6, 6.07) is 1.83. The second-order valence-corrected chi connectivity index (χ2v) is 5.77. The van der Waals surface area contributed by atoms with Crippen molar-refractivity contribution >= 4 is 22.4 Å². The molecule has 0 unspecified atom stereocenters. The summed E-state index contributed by atoms with van der Waals surface area (Å²) in [5.41, 5.74) is 0.435. The fraction of sp³-hybridized carbons (Fsp3) is 0.385. The van der Waals surface area contributed by atoms with Crippen molar-refractivity contribution in [3.63, 3.8) is 0 Å². The van der Waals surface area contributed by atoms with E-state index in [2.05, 4.69) is 20.3 Å². The normalized spacial score (nSPS) is 11.3. The van der Waals surface area contributed by atoms with Crippen molar-refractivity contribution in [3.05, 3.63) is 34.9 Å². The van der Waals surface area contributed by atoms with Gasteiger partial charge in [-0.15, -0.1) is 11.3 Å². The maximum absolute atomic E-state index is 11.2. The summed E-state index contributed by atoms with van der Waals surface area (Å²) >= 11 is 1.39. The predicted molar refractivity (Wildman–Crippen MR) is 76.9 cm³/mol. The topological polar surface area (TPSA) is 88.0 Å². The molecule has 20 heavy (non-hydrogen) atoms. The van der Waals surface area contributed by atoms with Gasteiger partial charge in [0.05, 0.1) is 17.9 Å². The van der Waals surface area contributed by atoms with Gasteiger partial charge in [0.15, 0.2) is 5.13 Å². The third-order valence-electron chi connectivity index (χ3n) is 2.93. The Balaban J connectivity index is 2.05. The SMILES string of the molecule is Cc1nccc(CNc2nc(C(C)(C)C(=O)O)cs2)n1.